The summed E-state index contributed by atoms with van der Waals surface area (Å²) in [7, 11) is 0. The van der Waals surface area contributed by atoms with E-state index in [2.05, 4.69) is 32.1 Å². The van der Waals surface area contributed by atoms with E-state index < -0.39 is 0 Å². The Morgan fingerprint density at radius 3 is 2.31 bits per heavy atom. The summed E-state index contributed by atoms with van der Waals surface area (Å²) in [4.78, 5) is 0. The maximum atomic E-state index is 2.52. The molecule has 1 fully saturated rings. The largest absolute Gasteiger partial charge is 0.0808 e. The predicted molar refractivity (Wildman–Crippen MR) is 71.4 cm³/mol. The van der Waals surface area contributed by atoms with E-state index in [1.54, 1.807) is 5.57 Å². The van der Waals surface area contributed by atoms with E-state index in [0.29, 0.717) is 0 Å². The van der Waals surface area contributed by atoms with Crippen molar-refractivity contribution in [3.05, 3.63) is 23.8 Å². The summed E-state index contributed by atoms with van der Waals surface area (Å²) < 4.78 is 0. The van der Waals surface area contributed by atoms with E-state index in [4.69, 9.17) is 0 Å². The maximum Gasteiger partial charge on any atom is -0.0165 e. The third kappa shape index (κ3) is 2.78. The van der Waals surface area contributed by atoms with Gasteiger partial charge in [-0.15, -0.1) is 0 Å². The van der Waals surface area contributed by atoms with Gasteiger partial charge < -0.3 is 0 Å². The van der Waals surface area contributed by atoms with Gasteiger partial charge in [0.05, 0.1) is 0 Å². The van der Waals surface area contributed by atoms with Crippen LogP contribution in [-0.4, -0.2) is 0 Å². The van der Waals surface area contributed by atoms with Gasteiger partial charge in [-0.1, -0.05) is 38.5 Å². The van der Waals surface area contributed by atoms with Gasteiger partial charge in [0.1, 0.15) is 0 Å². The minimum absolute atomic E-state index is 0.815. The fourth-order valence-electron chi connectivity index (χ4n) is 3.19. The highest BCUT2D eigenvalue weighted by molar-refractivity contribution is 5.26. The molecule has 2 rings (SSSR count). The highest BCUT2D eigenvalue weighted by Crippen LogP contribution is 2.36. The molecule has 1 saturated carbocycles. The van der Waals surface area contributed by atoms with E-state index in [1.165, 1.54) is 44.9 Å². The molecule has 1 atom stereocenters. The second-order valence-electron chi connectivity index (χ2n) is 5.59. The summed E-state index contributed by atoms with van der Waals surface area (Å²) in [6, 6.07) is 0. The molecule has 0 aromatic rings. The van der Waals surface area contributed by atoms with Crippen molar-refractivity contribution >= 4 is 0 Å². The van der Waals surface area contributed by atoms with Crippen molar-refractivity contribution in [2.45, 2.75) is 58.8 Å². The van der Waals surface area contributed by atoms with Crippen LogP contribution in [0, 0.1) is 17.8 Å². The van der Waals surface area contributed by atoms with Gasteiger partial charge in [-0.2, -0.15) is 0 Å². The van der Waals surface area contributed by atoms with Crippen molar-refractivity contribution in [3.63, 3.8) is 0 Å². The van der Waals surface area contributed by atoms with Crippen molar-refractivity contribution < 1.29 is 0 Å². The SMILES string of the molecule is CCC1CCC(C2=CC[C@@H](CC)C=C2)CC1. The molecular weight excluding hydrogens is 192 g/mol. The number of rotatable bonds is 3. The molecule has 0 aromatic carbocycles. The lowest BCUT2D eigenvalue weighted by Crippen LogP contribution is -2.16. The summed E-state index contributed by atoms with van der Waals surface area (Å²) in [6.07, 6.45) is 17.2. The van der Waals surface area contributed by atoms with Gasteiger partial charge >= 0.3 is 0 Å². The molecular formula is C16H26. The molecule has 90 valence electrons. The predicted octanol–water partition coefficient (Wildman–Crippen LogP) is 5.12. The first kappa shape index (κ1) is 12.0. The summed E-state index contributed by atoms with van der Waals surface area (Å²) in [6.45, 7) is 4.64. The maximum absolute atomic E-state index is 2.52. The highest BCUT2D eigenvalue weighted by atomic mass is 14.3. The molecule has 0 heterocycles. The van der Waals surface area contributed by atoms with Gasteiger partial charge in [0, 0.05) is 0 Å². The van der Waals surface area contributed by atoms with Crippen LogP contribution < -0.4 is 0 Å². The second kappa shape index (κ2) is 5.70. The van der Waals surface area contributed by atoms with E-state index in [1.807, 2.05) is 0 Å². The first-order valence-electron chi connectivity index (χ1n) is 7.21. The molecule has 0 unspecified atom stereocenters. The van der Waals surface area contributed by atoms with Crippen molar-refractivity contribution in [3.8, 4) is 0 Å². The Balaban J connectivity index is 1.86. The first-order chi connectivity index (χ1) is 7.83. The molecule has 0 heteroatoms. The molecule has 0 saturated heterocycles. The molecule has 0 bridgehead atoms. The molecule has 0 N–H and O–H groups in total. The third-order valence-electron chi connectivity index (χ3n) is 4.64. The summed E-state index contributed by atoms with van der Waals surface area (Å²) >= 11 is 0. The van der Waals surface area contributed by atoms with E-state index >= 15 is 0 Å². The fourth-order valence-corrected chi connectivity index (χ4v) is 3.19. The Labute approximate surface area is 101 Å². The Morgan fingerprint density at radius 2 is 1.81 bits per heavy atom. The van der Waals surface area contributed by atoms with E-state index in [0.717, 1.165) is 17.8 Å². The summed E-state index contributed by atoms with van der Waals surface area (Å²) in [5.74, 6) is 2.72. The standard InChI is InChI=1S/C16H26/c1-3-13-5-9-15(10-6-13)16-11-7-14(4-2)8-12-16/h5,9-10,13-14,16H,3-4,6-8,11-12H2,1-2H3/t13-,14?,16?/m0/s1. The molecule has 0 amide bonds. The van der Waals surface area contributed by atoms with E-state index in [9.17, 15) is 0 Å². The third-order valence-corrected chi connectivity index (χ3v) is 4.64. The lowest BCUT2D eigenvalue weighted by molar-refractivity contribution is 0.296. The van der Waals surface area contributed by atoms with Gasteiger partial charge in [0.25, 0.3) is 0 Å². The Kier molecular flexibility index (Phi) is 4.26. The van der Waals surface area contributed by atoms with Crippen LogP contribution in [0.1, 0.15) is 58.8 Å². The van der Waals surface area contributed by atoms with Crippen molar-refractivity contribution in [2.75, 3.05) is 0 Å². The second-order valence-corrected chi connectivity index (χ2v) is 5.59. The van der Waals surface area contributed by atoms with Crippen LogP contribution >= 0.6 is 0 Å². The van der Waals surface area contributed by atoms with Crippen molar-refractivity contribution in [2.24, 2.45) is 17.8 Å². The first-order valence-corrected chi connectivity index (χ1v) is 7.21. The fraction of sp³-hybridized carbons (Fsp3) is 0.750. The quantitative estimate of drug-likeness (QED) is 0.617. The number of hydrogen-bond donors (Lipinski definition) is 0. The monoisotopic (exact) mass is 218 g/mol. The van der Waals surface area contributed by atoms with Crippen LogP contribution in [0.2, 0.25) is 0 Å². The number of allylic oxidation sites excluding steroid dienone is 4. The molecule has 0 aromatic heterocycles. The zero-order valence-corrected chi connectivity index (χ0v) is 10.9. The van der Waals surface area contributed by atoms with Gasteiger partial charge in [0.2, 0.25) is 0 Å². The molecule has 0 aliphatic heterocycles. The zero-order chi connectivity index (χ0) is 11.4. The molecule has 0 radical (unpaired) electrons. The molecule has 2 aliphatic rings. The lowest BCUT2D eigenvalue weighted by atomic mass is 9.76. The minimum Gasteiger partial charge on any atom is -0.0808 e. The van der Waals surface area contributed by atoms with E-state index in [-0.39, 0.29) is 0 Å². The molecule has 16 heavy (non-hydrogen) atoms. The van der Waals surface area contributed by atoms with Crippen LogP contribution in [0.25, 0.3) is 0 Å². The van der Waals surface area contributed by atoms with Crippen LogP contribution in [0.15, 0.2) is 23.8 Å². The van der Waals surface area contributed by atoms with Crippen LogP contribution in [0.5, 0.6) is 0 Å². The van der Waals surface area contributed by atoms with Crippen LogP contribution in [-0.2, 0) is 0 Å². The summed E-state index contributed by atoms with van der Waals surface area (Å²) in [5, 5.41) is 0. The Bertz CT molecular complexity index is 264. The van der Waals surface area contributed by atoms with Crippen LogP contribution in [0.3, 0.4) is 0 Å². The topological polar surface area (TPSA) is 0 Å². The highest BCUT2D eigenvalue weighted by Gasteiger charge is 2.22. The van der Waals surface area contributed by atoms with Crippen molar-refractivity contribution in [1.29, 1.82) is 0 Å². The average Bonchev–Trinajstić information content (AvgIpc) is 2.39. The van der Waals surface area contributed by atoms with Gasteiger partial charge in [-0.3, -0.25) is 0 Å². The zero-order valence-electron chi connectivity index (χ0n) is 10.9. The van der Waals surface area contributed by atoms with Crippen LogP contribution in [0.4, 0.5) is 0 Å². The smallest absolute Gasteiger partial charge is 0.0165 e. The lowest BCUT2D eigenvalue weighted by Gasteiger charge is -2.30. The molecule has 0 nitrogen and oxygen atoms in total. The normalized spacial score (nSPS) is 34.9. The Hall–Kier alpha value is -0.520. The average molecular weight is 218 g/mol. The molecule has 2 aliphatic carbocycles. The van der Waals surface area contributed by atoms with Gasteiger partial charge in [-0.25, -0.2) is 0 Å². The van der Waals surface area contributed by atoms with Gasteiger partial charge in [0.15, 0.2) is 0 Å². The minimum atomic E-state index is 0.815. The Morgan fingerprint density at radius 1 is 1.06 bits per heavy atom. The van der Waals surface area contributed by atoms with Gasteiger partial charge in [-0.05, 0) is 61.9 Å². The number of hydrogen-bond acceptors (Lipinski definition) is 0. The summed E-state index contributed by atoms with van der Waals surface area (Å²) in [5.41, 5.74) is 1.65. The van der Waals surface area contributed by atoms with Crippen molar-refractivity contribution in [1.82, 2.24) is 0 Å². The molecule has 0 spiro atoms.